The van der Waals surface area contributed by atoms with Gasteiger partial charge in [-0.25, -0.2) is 0 Å². The molecule has 0 aromatic rings. The summed E-state index contributed by atoms with van der Waals surface area (Å²) in [5.41, 5.74) is 0. The minimum Gasteiger partial charge on any atom is -0.341 e. The lowest BCUT2D eigenvalue weighted by Gasteiger charge is -2.33. The van der Waals surface area contributed by atoms with Crippen LogP contribution in [0.15, 0.2) is 0 Å². The molecule has 0 bridgehead atoms. The third-order valence-corrected chi connectivity index (χ3v) is 4.05. The molecule has 0 radical (unpaired) electrons. The SMILES string of the molecule is CCNC1CCCN(CCCCN(C)C(C)C)C1=O. The van der Waals surface area contributed by atoms with Crippen LogP contribution in [0.2, 0.25) is 0 Å². The summed E-state index contributed by atoms with van der Waals surface area (Å²) >= 11 is 0. The molecule has 0 aromatic carbocycles. The maximum atomic E-state index is 12.2. The summed E-state index contributed by atoms with van der Waals surface area (Å²) in [4.78, 5) is 16.6. The van der Waals surface area contributed by atoms with Crippen LogP contribution in [0, 0.1) is 0 Å². The highest BCUT2D eigenvalue weighted by Crippen LogP contribution is 2.12. The first-order valence-electron chi connectivity index (χ1n) is 7.78. The van der Waals surface area contributed by atoms with Crippen LogP contribution in [0.5, 0.6) is 0 Å². The molecule has 1 aliphatic heterocycles. The van der Waals surface area contributed by atoms with Gasteiger partial charge in [-0.2, -0.15) is 0 Å². The predicted octanol–water partition coefficient (Wildman–Crippen LogP) is 1.71. The van der Waals surface area contributed by atoms with Crippen molar-refractivity contribution < 1.29 is 4.79 Å². The standard InChI is InChI=1S/C15H31N3O/c1-5-16-14-9-8-12-18(15(14)19)11-7-6-10-17(4)13(2)3/h13-14,16H,5-12H2,1-4H3. The van der Waals surface area contributed by atoms with Gasteiger partial charge in [0.1, 0.15) is 0 Å². The quantitative estimate of drug-likeness (QED) is 0.681. The van der Waals surface area contributed by atoms with E-state index in [2.05, 4.69) is 38.0 Å². The van der Waals surface area contributed by atoms with Crippen molar-refractivity contribution in [2.75, 3.05) is 33.2 Å². The second-order valence-electron chi connectivity index (χ2n) is 5.86. The largest absolute Gasteiger partial charge is 0.341 e. The molecule has 19 heavy (non-hydrogen) atoms. The van der Waals surface area contributed by atoms with E-state index >= 15 is 0 Å². The van der Waals surface area contributed by atoms with Crippen LogP contribution in [-0.4, -0.2) is 61.0 Å². The van der Waals surface area contributed by atoms with Gasteiger partial charge in [0, 0.05) is 19.1 Å². The number of rotatable bonds is 8. The van der Waals surface area contributed by atoms with Crippen LogP contribution in [0.25, 0.3) is 0 Å². The van der Waals surface area contributed by atoms with Gasteiger partial charge in [-0.3, -0.25) is 4.79 Å². The third kappa shape index (κ3) is 5.49. The van der Waals surface area contributed by atoms with Crippen LogP contribution in [0.4, 0.5) is 0 Å². The minimum atomic E-state index is 0.0667. The number of amides is 1. The first kappa shape index (κ1) is 16.4. The van der Waals surface area contributed by atoms with Gasteiger partial charge in [0.05, 0.1) is 6.04 Å². The Bertz CT molecular complexity index is 266. The fourth-order valence-corrected chi connectivity index (χ4v) is 2.52. The number of likely N-dealkylation sites (tertiary alicyclic amines) is 1. The monoisotopic (exact) mass is 269 g/mol. The van der Waals surface area contributed by atoms with Crippen molar-refractivity contribution in [3.63, 3.8) is 0 Å². The van der Waals surface area contributed by atoms with Gasteiger partial charge in [-0.05, 0) is 59.7 Å². The molecule has 1 N–H and O–H groups in total. The molecule has 4 nitrogen and oxygen atoms in total. The Morgan fingerprint density at radius 3 is 2.79 bits per heavy atom. The van der Waals surface area contributed by atoms with Gasteiger partial charge >= 0.3 is 0 Å². The highest BCUT2D eigenvalue weighted by molar-refractivity contribution is 5.82. The molecule has 1 unspecified atom stereocenters. The maximum absolute atomic E-state index is 12.2. The molecule has 1 fully saturated rings. The lowest BCUT2D eigenvalue weighted by molar-refractivity contribution is -0.136. The number of nitrogens with one attached hydrogen (secondary N) is 1. The normalized spacial score (nSPS) is 20.6. The van der Waals surface area contributed by atoms with Gasteiger partial charge in [-0.15, -0.1) is 0 Å². The lowest BCUT2D eigenvalue weighted by atomic mass is 10.0. The summed E-state index contributed by atoms with van der Waals surface area (Å²) in [6.07, 6.45) is 4.42. The number of likely N-dealkylation sites (N-methyl/N-ethyl adjacent to an activating group) is 1. The number of carbonyl (C=O) groups is 1. The van der Waals surface area contributed by atoms with Crippen molar-refractivity contribution in [1.29, 1.82) is 0 Å². The summed E-state index contributed by atoms with van der Waals surface area (Å²) in [6, 6.07) is 0.673. The van der Waals surface area contributed by atoms with Crippen molar-refractivity contribution in [1.82, 2.24) is 15.1 Å². The van der Waals surface area contributed by atoms with Gasteiger partial charge in [-0.1, -0.05) is 6.92 Å². The first-order chi connectivity index (χ1) is 9.06. The van der Waals surface area contributed by atoms with Crippen LogP contribution in [0.3, 0.4) is 0 Å². The van der Waals surface area contributed by atoms with E-state index in [1.165, 1.54) is 6.42 Å². The van der Waals surface area contributed by atoms with Crippen molar-refractivity contribution in [3.8, 4) is 0 Å². The topological polar surface area (TPSA) is 35.6 Å². The average molecular weight is 269 g/mol. The Labute approximate surface area is 118 Å². The molecule has 1 aliphatic rings. The van der Waals surface area contributed by atoms with Crippen molar-refractivity contribution in [2.45, 2.75) is 58.5 Å². The van der Waals surface area contributed by atoms with E-state index in [0.717, 1.165) is 45.4 Å². The van der Waals surface area contributed by atoms with Gasteiger partial charge in [0.15, 0.2) is 0 Å². The number of carbonyl (C=O) groups excluding carboxylic acids is 1. The predicted molar refractivity (Wildman–Crippen MR) is 80.3 cm³/mol. The van der Waals surface area contributed by atoms with Crippen LogP contribution < -0.4 is 5.32 Å². The molecule has 0 aromatic heterocycles. The van der Waals surface area contributed by atoms with E-state index in [1.54, 1.807) is 0 Å². The van der Waals surface area contributed by atoms with Crippen LogP contribution in [-0.2, 0) is 4.79 Å². The molecule has 1 heterocycles. The third-order valence-electron chi connectivity index (χ3n) is 4.05. The van der Waals surface area contributed by atoms with Gasteiger partial charge in [0.2, 0.25) is 5.91 Å². The minimum absolute atomic E-state index is 0.0667. The molecular weight excluding hydrogens is 238 g/mol. The fourth-order valence-electron chi connectivity index (χ4n) is 2.52. The molecule has 1 amide bonds. The van der Waals surface area contributed by atoms with E-state index in [4.69, 9.17) is 0 Å². The Hall–Kier alpha value is -0.610. The van der Waals surface area contributed by atoms with E-state index < -0.39 is 0 Å². The molecule has 1 saturated heterocycles. The maximum Gasteiger partial charge on any atom is 0.239 e. The lowest BCUT2D eigenvalue weighted by Crippen LogP contribution is -2.50. The number of hydrogen-bond donors (Lipinski definition) is 1. The zero-order valence-electron chi connectivity index (χ0n) is 13.1. The summed E-state index contributed by atoms with van der Waals surface area (Å²) in [5, 5.41) is 3.29. The van der Waals surface area contributed by atoms with Gasteiger partial charge in [0.25, 0.3) is 0 Å². The second kappa shape index (κ2) is 8.54. The summed E-state index contributed by atoms with van der Waals surface area (Å²) in [7, 11) is 2.16. The highest BCUT2D eigenvalue weighted by atomic mass is 16.2. The van der Waals surface area contributed by atoms with Crippen LogP contribution in [0.1, 0.15) is 46.5 Å². The Morgan fingerprint density at radius 2 is 2.16 bits per heavy atom. The molecule has 1 atom stereocenters. The Balaban J connectivity index is 2.23. The van der Waals surface area contributed by atoms with Crippen molar-refractivity contribution >= 4 is 5.91 Å². The summed E-state index contributed by atoms with van der Waals surface area (Å²) in [6.45, 7) is 10.4. The molecular formula is C15H31N3O. The zero-order chi connectivity index (χ0) is 14.3. The first-order valence-corrected chi connectivity index (χ1v) is 7.78. The summed E-state index contributed by atoms with van der Waals surface area (Å²) < 4.78 is 0. The number of unbranched alkanes of at least 4 members (excludes halogenated alkanes) is 1. The smallest absolute Gasteiger partial charge is 0.239 e. The van der Waals surface area contributed by atoms with E-state index in [1.807, 2.05) is 4.90 Å². The van der Waals surface area contributed by atoms with E-state index in [-0.39, 0.29) is 6.04 Å². The fraction of sp³-hybridized carbons (Fsp3) is 0.933. The molecule has 0 spiro atoms. The van der Waals surface area contributed by atoms with E-state index in [9.17, 15) is 4.79 Å². The number of nitrogens with zero attached hydrogens (tertiary/aromatic N) is 2. The number of piperidine rings is 1. The molecule has 4 heteroatoms. The Morgan fingerprint density at radius 1 is 1.42 bits per heavy atom. The zero-order valence-corrected chi connectivity index (χ0v) is 13.1. The molecule has 112 valence electrons. The molecule has 1 rings (SSSR count). The highest BCUT2D eigenvalue weighted by Gasteiger charge is 2.27. The number of hydrogen-bond acceptors (Lipinski definition) is 3. The average Bonchev–Trinajstić information content (AvgIpc) is 2.38. The van der Waals surface area contributed by atoms with Crippen molar-refractivity contribution in [3.05, 3.63) is 0 Å². The summed E-state index contributed by atoms with van der Waals surface area (Å²) in [5.74, 6) is 0.310. The molecule has 0 aliphatic carbocycles. The Kier molecular flexibility index (Phi) is 7.39. The second-order valence-corrected chi connectivity index (χ2v) is 5.86. The van der Waals surface area contributed by atoms with Gasteiger partial charge < -0.3 is 15.1 Å². The van der Waals surface area contributed by atoms with E-state index in [0.29, 0.717) is 11.9 Å². The molecule has 0 saturated carbocycles. The van der Waals surface area contributed by atoms with Crippen LogP contribution >= 0.6 is 0 Å². The van der Waals surface area contributed by atoms with Crippen molar-refractivity contribution in [2.24, 2.45) is 0 Å².